The van der Waals surface area contributed by atoms with Crippen molar-refractivity contribution in [1.29, 1.82) is 0 Å². The summed E-state index contributed by atoms with van der Waals surface area (Å²) in [4.78, 5) is 11.3. The van der Waals surface area contributed by atoms with Crippen LogP contribution in [0.4, 0.5) is 0 Å². The van der Waals surface area contributed by atoms with Gasteiger partial charge in [0.05, 0.1) is 5.56 Å². The van der Waals surface area contributed by atoms with E-state index in [0.29, 0.717) is 11.5 Å². The van der Waals surface area contributed by atoms with Gasteiger partial charge in [0, 0.05) is 23.6 Å². The maximum Gasteiger partial charge on any atom is 0.337 e. The Hall–Kier alpha value is -1.77. The zero-order valence-electron chi connectivity index (χ0n) is 10.4. The minimum Gasteiger partial charge on any atom is -0.478 e. The minimum atomic E-state index is -0.852. The van der Waals surface area contributed by atoms with Crippen LogP contribution in [0.5, 0.6) is 0 Å². The molecule has 0 saturated heterocycles. The Morgan fingerprint density at radius 1 is 1.41 bits per heavy atom. The van der Waals surface area contributed by atoms with Crippen molar-refractivity contribution < 1.29 is 9.90 Å². The van der Waals surface area contributed by atoms with Gasteiger partial charge in [-0.25, -0.2) is 4.79 Å². The van der Waals surface area contributed by atoms with Crippen molar-refractivity contribution in [3.63, 3.8) is 0 Å². The highest BCUT2D eigenvalue weighted by atomic mass is 16.4. The highest BCUT2D eigenvalue weighted by molar-refractivity contribution is 6.05. The van der Waals surface area contributed by atoms with E-state index in [1.54, 1.807) is 6.20 Å². The standard InChI is InChI=1S/C14H17NO2/c1-4-15-8-11(14(16)17)13-10(9(2)3)6-5-7-12(13)15/h5-9H,4H2,1-3H3,(H,16,17). The number of carbonyl (C=O) groups is 1. The Balaban J connectivity index is 2.86. The molecule has 1 aromatic heterocycles. The van der Waals surface area contributed by atoms with Crippen molar-refractivity contribution in [3.8, 4) is 0 Å². The number of nitrogens with zero attached hydrogens (tertiary/aromatic N) is 1. The second kappa shape index (κ2) is 4.24. The van der Waals surface area contributed by atoms with E-state index in [4.69, 9.17) is 0 Å². The number of carboxylic acid groups (broad SMARTS) is 1. The molecule has 0 aliphatic carbocycles. The van der Waals surface area contributed by atoms with Gasteiger partial charge in [0.2, 0.25) is 0 Å². The van der Waals surface area contributed by atoms with E-state index < -0.39 is 5.97 Å². The average molecular weight is 231 g/mol. The molecule has 2 rings (SSSR count). The molecule has 2 aromatic rings. The molecule has 0 fully saturated rings. The van der Waals surface area contributed by atoms with E-state index in [-0.39, 0.29) is 0 Å². The molecule has 1 N–H and O–H groups in total. The molecule has 1 heterocycles. The highest BCUT2D eigenvalue weighted by Gasteiger charge is 2.17. The van der Waals surface area contributed by atoms with Crippen LogP contribution in [0, 0.1) is 0 Å². The number of aromatic nitrogens is 1. The average Bonchev–Trinajstić information content (AvgIpc) is 2.67. The summed E-state index contributed by atoms with van der Waals surface area (Å²) in [6, 6.07) is 5.99. The number of aryl methyl sites for hydroxylation is 1. The van der Waals surface area contributed by atoms with Gasteiger partial charge in [-0.3, -0.25) is 0 Å². The van der Waals surface area contributed by atoms with Crippen LogP contribution in [0.2, 0.25) is 0 Å². The van der Waals surface area contributed by atoms with Crippen LogP contribution < -0.4 is 0 Å². The predicted octanol–water partition coefficient (Wildman–Crippen LogP) is 3.48. The number of rotatable bonds is 3. The number of hydrogen-bond acceptors (Lipinski definition) is 1. The molecular formula is C14H17NO2. The van der Waals surface area contributed by atoms with Gasteiger partial charge in [-0.1, -0.05) is 26.0 Å². The van der Waals surface area contributed by atoms with Crippen LogP contribution in [0.1, 0.15) is 42.6 Å². The number of fused-ring (bicyclic) bond motifs is 1. The van der Waals surface area contributed by atoms with Crippen LogP contribution >= 0.6 is 0 Å². The van der Waals surface area contributed by atoms with Gasteiger partial charge >= 0.3 is 5.97 Å². The molecule has 0 aliphatic rings. The van der Waals surface area contributed by atoms with Crippen LogP contribution in [-0.4, -0.2) is 15.6 Å². The van der Waals surface area contributed by atoms with E-state index >= 15 is 0 Å². The fourth-order valence-corrected chi connectivity index (χ4v) is 2.29. The van der Waals surface area contributed by atoms with Gasteiger partial charge in [-0.2, -0.15) is 0 Å². The summed E-state index contributed by atoms with van der Waals surface area (Å²) in [5.41, 5.74) is 2.52. The Bertz CT molecular complexity index is 567. The van der Waals surface area contributed by atoms with Gasteiger partial charge in [0.1, 0.15) is 0 Å². The van der Waals surface area contributed by atoms with Gasteiger partial charge in [-0.05, 0) is 24.5 Å². The first-order valence-electron chi connectivity index (χ1n) is 5.91. The van der Waals surface area contributed by atoms with Gasteiger partial charge in [-0.15, -0.1) is 0 Å². The summed E-state index contributed by atoms with van der Waals surface area (Å²) in [6.45, 7) is 6.98. The van der Waals surface area contributed by atoms with Crippen LogP contribution in [-0.2, 0) is 6.54 Å². The fourth-order valence-electron chi connectivity index (χ4n) is 2.29. The Kier molecular flexibility index (Phi) is 2.92. The maximum absolute atomic E-state index is 11.3. The first-order chi connectivity index (χ1) is 8.06. The fraction of sp³-hybridized carbons (Fsp3) is 0.357. The van der Waals surface area contributed by atoms with Crippen molar-refractivity contribution in [1.82, 2.24) is 4.57 Å². The van der Waals surface area contributed by atoms with E-state index in [0.717, 1.165) is 23.0 Å². The molecule has 0 spiro atoms. The second-order valence-corrected chi connectivity index (χ2v) is 4.53. The van der Waals surface area contributed by atoms with Gasteiger partial charge in [0.25, 0.3) is 0 Å². The smallest absolute Gasteiger partial charge is 0.337 e. The predicted molar refractivity (Wildman–Crippen MR) is 68.7 cm³/mol. The SMILES string of the molecule is CCn1cc(C(=O)O)c2c(C(C)C)cccc21. The lowest BCUT2D eigenvalue weighted by atomic mass is 9.97. The lowest BCUT2D eigenvalue weighted by Crippen LogP contribution is -1.97. The highest BCUT2D eigenvalue weighted by Crippen LogP contribution is 2.30. The summed E-state index contributed by atoms with van der Waals surface area (Å²) >= 11 is 0. The van der Waals surface area contributed by atoms with Crippen molar-refractivity contribution in [2.45, 2.75) is 33.2 Å². The quantitative estimate of drug-likeness (QED) is 0.878. The summed E-state index contributed by atoms with van der Waals surface area (Å²) < 4.78 is 1.99. The van der Waals surface area contributed by atoms with E-state index in [1.165, 1.54) is 0 Å². The molecule has 90 valence electrons. The third-order valence-corrected chi connectivity index (χ3v) is 3.13. The lowest BCUT2D eigenvalue weighted by molar-refractivity contribution is 0.0698. The molecule has 3 heteroatoms. The number of aromatic carboxylic acids is 1. The zero-order valence-corrected chi connectivity index (χ0v) is 10.4. The molecule has 0 unspecified atom stereocenters. The third-order valence-electron chi connectivity index (χ3n) is 3.13. The molecule has 17 heavy (non-hydrogen) atoms. The maximum atomic E-state index is 11.3. The molecule has 0 radical (unpaired) electrons. The van der Waals surface area contributed by atoms with Crippen molar-refractivity contribution in [3.05, 3.63) is 35.5 Å². The first-order valence-corrected chi connectivity index (χ1v) is 5.91. The second-order valence-electron chi connectivity index (χ2n) is 4.53. The summed E-state index contributed by atoms with van der Waals surface area (Å²) in [7, 11) is 0. The van der Waals surface area contributed by atoms with E-state index in [2.05, 4.69) is 13.8 Å². The molecule has 0 atom stereocenters. The number of hydrogen-bond donors (Lipinski definition) is 1. The topological polar surface area (TPSA) is 42.2 Å². The zero-order chi connectivity index (χ0) is 12.6. The summed E-state index contributed by atoms with van der Waals surface area (Å²) in [5.74, 6) is -0.528. The summed E-state index contributed by atoms with van der Waals surface area (Å²) in [5, 5.41) is 10.2. The van der Waals surface area contributed by atoms with Crippen LogP contribution in [0.15, 0.2) is 24.4 Å². The van der Waals surface area contributed by atoms with Crippen LogP contribution in [0.25, 0.3) is 10.9 Å². The minimum absolute atomic E-state index is 0.324. The largest absolute Gasteiger partial charge is 0.478 e. The molecule has 0 aliphatic heterocycles. The third kappa shape index (κ3) is 1.82. The molecule has 0 bridgehead atoms. The molecule has 0 amide bonds. The Labute approximate surface area is 101 Å². The van der Waals surface area contributed by atoms with E-state index in [1.807, 2.05) is 29.7 Å². The number of benzene rings is 1. The van der Waals surface area contributed by atoms with Gasteiger partial charge < -0.3 is 9.67 Å². The normalized spacial score (nSPS) is 11.3. The first kappa shape index (κ1) is 11.7. The van der Waals surface area contributed by atoms with Crippen molar-refractivity contribution >= 4 is 16.9 Å². The molecule has 0 saturated carbocycles. The van der Waals surface area contributed by atoms with Crippen molar-refractivity contribution in [2.75, 3.05) is 0 Å². The molecule has 3 nitrogen and oxygen atoms in total. The number of carboxylic acids is 1. The molecule has 1 aromatic carbocycles. The van der Waals surface area contributed by atoms with Crippen molar-refractivity contribution in [2.24, 2.45) is 0 Å². The Morgan fingerprint density at radius 3 is 2.65 bits per heavy atom. The van der Waals surface area contributed by atoms with E-state index in [9.17, 15) is 9.90 Å². The molecular weight excluding hydrogens is 214 g/mol. The lowest BCUT2D eigenvalue weighted by Gasteiger charge is -2.08. The van der Waals surface area contributed by atoms with Gasteiger partial charge in [0.15, 0.2) is 0 Å². The monoisotopic (exact) mass is 231 g/mol. The van der Waals surface area contributed by atoms with Crippen LogP contribution in [0.3, 0.4) is 0 Å². The Morgan fingerprint density at radius 2 is 2.12 bits per heavy atom. The summed E-state index contributed by atoms with van der Waals surface area (Å²) in [6.07, 6.45) is 1.74.